The molecule has 1 aromatic carbocycles. The number of hydrogen-bond donors (Lipinski definition) is 1. The largest absolute Gasteiger partial charge is 0.301 e. The van der Waals surface area contributed by atoms with Crippen LogP contribution in [0.5, 0.6) is 0 Å². The number of amides is 1. The van der Waals surface area contributed by atoms with E-state index in [1.165, 1.54) is 22.5 Å². The molecule has 0 unspecified atom stereocenters. The van der Waals surface area contributed by atoms with Crippen LogP contribution in [0.2, 0.25) is 0 Å². The number of nitrogens with zero attached hydrogens (tertiary/aromatic N) is 3. The van der Waals surface area contributed by atoms with Gasteiger partial charge in [-0.2, -0.15) is 0 Å². The molecule has 29 heavy (non-hydrogen) atoms. The Labute approximate surface area is 175 Å². The third-order valence-electron chi connectivity index (χ3n) is 5.25. The van der Waals surface area contributed by atoms with Gasteiger partial charge in [0.05, 0.1) is 6.54 Å². The molecule has 5 nitrogen and oxygen atoms in total. The Morgan fingerprint density at radius 3 is 2.90 bits per heavy atom. The second-order valence-corrected chi connectivity index (χ2v) is 8.56. The molecule has 1 atom stereocenters. The highest BCUT2D eigenvalue weighted by Crippen LogP contribution is 2.27. The first-order valence-electron chi connectivity index (χ1n) is 10.1. The van der Waals surface area contributed by atoms with Gasteiger partial charge in [0.25, 0.3) is 0 Å². The third kappa shape index (κ3) is 5.49. The second-order valence-electron chi connectivity index (χ2n) is 7.66. The lowest BCUT2D eigenvalue weighted by atomic mass is 9.92. The summed E-state index contributed by atoms with van der Waals surface area (Å²) in [6.07, 6.45) is 4.82. The normalized spacial score (nSPS) is 17.2. The molecular formula is C23H26N4OS. The van der Waals surface area contributed by atoms with Crippen molar-refractivity contribution >= 4 is 22.4 Å². The van der Waals surface area contributed by atoms with Crippen LogP contribution in [0.25, 0.3) is 0 Å². The standard InChI is InChI=1S/C23H26N4OS/c1-17-12-19(13-18-6-3-2-4-7-18)14-21(25-17)20-8-5-10-27(15-20)16-22(28)26-23-24-9-11-29-23/h2-4,6-7,9,11-12,14,20H,5,8,10,13,15-16H2,1H3,(H,24,26,28)/t20-/m0/s1. The number of carbonyl (C=O) groups is 1. The number of hydrogen-bond acceptors (Lipinski definition) is 5. The highest BCUT2D eigenvalue weighted by atomic mass is 32.1. The first-order chi connectivity index (χ1) is 14.2. The number of aryl methyl sites for hydroxylation is 1. The van der Waals surface area contributed by atoms with E-state index in [0.29, 0.717) is 17.6 Å². The van der Waals surface area contributed by atoms with Gasteiger partial charge in [0.15, 0.2) is 5.13 Å². The number of benzene rings is 1. The topological polar surface area (TPSA) is 58.1 Å². The van der Waals surface area contributed by atoms with Crippen molar-refractivity contribution in [3.63, 3.8) is 0 Å². The van der Waals surface area contributed by atoms with Gasteiger partial charge in [-0.15, -0.1) is 11.3 Å². The first kappa shape index (κ1) is 19.7. The Morgan fingerprint density at radius 2 is 2.10 bits per heavy atom. The van der Waals surface area contributed by atoms with Crippen LogP contribution in [-0.4, -0.2) is 40.4 Å². The summed E-state index contributed by atoms with van der Waals surface area (Å²) < 4.78 is 0. The van der Waals surface area contributed by atoms with Crippen LogP contribution in [0.4, 0.5) is 5.13 Å². The fourth-order valence-electron chi connectivity index (χ4n) is 4.00. The van der Waals surface area contributed by atoms with E-state index in [1.54, 1.807) is 6.20 Å². The van der Waals surface area contributed by atoms with Crippen molar-refractivity contribution in [3.05, 3.63) is 76.6 Å². The SMILES string of the molecule is Cc1cc(Cc2ccccc2)cc([C@H]2CCCN(CC(=O)Nc3nccs3)C2)n1. The van der Waals surface area contributed by atoms with E-state index in [4.69, 9.17) is 4.98 Å². The average molecular weight is 407 g/mol. The number of likely N-dealkylation sites (tertiary alicyclic amines) is 1. The number of pyridine rings is 1. The molecule has 3 heterocycles. The van der Waals surface area contributed by atoms with E-state index in [1.807, 2.05) is 11.4 Å². The van der Waals surface area contributed by atoms with Gasteiger partial charge in [-0.05, 0) is 56.0 Å². The Balaban J connectivity index is 1.41. The molecule has 0 saturated carbocycles. The molecule has 150 valence electrons. The quantitative estimate of drug-likeness (QED) is 0.665. The van der Waals surface area contributed by atoms with Crippen LogP contribution in [0.15, 0.2) is 54.0 Å². The average Bonchev–Trinajstić information content (AvgIpc) is 3.21. The molecule has 4 rings (SSSR count). The van der Waals surface area contributed by atoms with Crippen molar-refractivity contribution in [1.29, 1.82) is 0 Å². The van der Waals surface area contributed by atoms with E-state index in [2.05, 4.69) is 58.5 Å². The van der Waals surface area contributed by atoms with Crippen LogP contribution < -0.4 is 5.32 Å². The predicted molar refractivity (Wildman–Crippen MR) is 117 cm³/mol. The summed E-state index contributed by atoms with van der Waals surface area (Å²) in [6.45, 7) is 4.29. The molecule has 0 aliphatic carbocycles. The summed E-state index contributed by atoms with van der Waals surface area (Å²) in [5, 5.41) is 5.41. The summed E-state index contributed by atoms with van der Waals surface area (Å²) in [4.78, 5) is 23.5. The Morgan fingerprint density at radius 1 is 1.24 bits per heavy atom. The molecule has 3 aromatic rings. The lowest BCUT2D eigenvalue weighted by Gasteiger charge is -2.32. The van der Waals surface area contributed by atoms with E-state index in [-0.39, 0.29) is 5.91 Å². The van der Waals surface area contributed by atoms with Gasteiger partial charge in [0, 0.05) is 35.4 Å². The summed E-state index contributed by atoms with van der Waals surface area (Å²) in [5.41, 5.74) is 4.83. The van der Waals surface area contributed by atoms with Crippen LogP contribution in [0.3, 0.4) is 0 Å². The zero-order chi connectivity index (χ0) is 20.1. The molecule has 1 amide bonds. The molecule has 1 N–H and O–H groups in total. The first-order valence-corrected chi connectivity index (χ1v) is 11.0. The van der Waals surface area contributed by atoms with Gasteiger partial charge < -0.3 is 5.32 Å². The highest BCUT2D eigenvalue weighted by molar-refractivity contribution is 7.13. The molecule has 1 aliphatic rings. The molecule has 1 saturated heterocycles. The third-order valence-corrected chi connectivity index (χ3v) is 5.94. The second kappa shape index (κ2) is 9.29. The van der Waals surface area contributed by atoms with Gasteiger partial charge in [-0.1, -0.05) is 30.3 Å². The smallest absolute Gasteiger partial charge is 0.240 e. The lowest BCUT2D eigenvalue weighted by Crippen LogP contribution is -2.40. The van der Waals surface area contributed by atoms with Crippen molar-refractivity contribution in [2.75, 3.05) is 25.0 Å². The maximum Gasteiger partial charge on any atom is 0.240 e. The minimum Gasteiger partial charge on any atom is -0.301 e. The van der Waals surface area contributed by atoms with Crippen molar-refractivity contribution in [2.45, 2.75) is 32.1 Å². The minimum absolute atomic E-state index is 0.00238. The fourth-order valence-corrected chi connectivity index (χ4v) is 4.54. The zero-order valence-electron chi connectivity index (χ0n) is 16.7. The summed E-state index contributed by atoms with van der Waals surface area (Å²) >= 11 is 1.44. The maximum absolute atomic E-state index is 12.3. The minimum atomic E-state index is 0.00238. The maximum atomic E-state index is 12.3. The summed E-state index contributed by atoms with van der Waals surface area (Å²) in [6, 6.07) is 15.0. The molecule has 0 bridgehead atoms. The number of piperidine rings is 1. The lowest BCUT2D eigenvalue weighted by molar-refractivity contribution is -0.117. The van der Waals surface area contributed by atoms with Crippen molar-refractivity contribution < 1.29 is 4.79 Å². The summed E-state index contributed by atoms with van der Waals surface area (Å²) in [7, 11) is 0. The molecular weight excluding hydrogens is 380 g/mol. The Bertz CT molecular complexity index is 943. The van der Waals surface area contributed by atoms with Crippen molar-refractivity contribution in [3.8, 4) is 0 Å². The summed E-state index contributed by atoms with van der Waals surface area (Å²) in [5.74, 6) is 0.369. The van der Waals surface area contributed by atoms with Gasteiger partial charge >= 0.3 is 0 Å². The number of anilines is 1. The molecule has 6 heteroatoms. The van der Waals surface area contributed by atoms with Crippen LogP contribution >= 0.6 is 11.3 Å². The van der Waals surface area contributed by atoms with E-state index in [9.17, 15) is 4.79 Å². The van der Waals surface area contributed by atoms with Crippen LogP contribution in [0, 0.1) is 6.92 Å². The Hall–Kier alpha value is -2.57. The number of rotatable bonds is 6. The number of thiazole rings is 1. The molecule has 1 fully saturated rings. The van der Waals surface area contributed by atoms with E-state index < -0.39 is 0 Å². The van der Waals surface area contributed by atoms with Crippen LogP contribution in [-0.2, 0) is 11.2 Å². The monoisotopic (exact) mass is 406 g/mol. The predicted octanol–water partition coefficient (Wildman–Crippen LogP) is 4.26. The molecule has 0 radical (unpaired) electrons. The van der Waals surface area contributed by atoms with Crippen LogP contribution in [0.1, 0.15) is 41.3 Å². The number of aromatic nitrogens is 2. The van der Waals surface area contributed by atoms with E-state index in [0.717, 1.165) is 43.7 Å². The number of nitrogens with one attached hydrogen (secondary N) is 1. The van der Waals surface area contributed by atoms with Crippen molar-refractivity contribution in [1.82, 2.24) is 14.9 Å². The fraction of sp³-hybridized carbons (Fsp3) is 0.348. The van der Waals surface area contributed by atoms with Crippen molar-refractivity contribution in [2.24, 2.45) is 0 Å². The van der Waals surface area contributed by atoms with Gasteiger partial charge in [-0.3, -0.25) is 14.7 Å². The molecule has 2 aromatic heterocycles. The van der Waals surface area contributed by atoms with Gasteiger partial charge in [0.2, 0.25) is 5.91 Å². The van der Waals surface area contributed by atoms with E-state index >= 15 is 0 Å². The molecule has 1 aliphatic heterocycles. The highest BCUT2D eigenvalue weighted by Gasteiger charge is 2.24. The zero-order valence-corrected chi connectivity index (χ0v) is 17.5. The Kier molecular flexibility index (Phi) is 6.32. The van der Waals surface area contributed by atoms with Gasteiger partial charge in [0.1, 0.15) is 0 Å². The van der Waals surface area contributed by atoms with Gasteiger partial charge in [-0.25, -0.2) is 4.98 Å². The number of carbonyl (C=O) groups excluding carboxylic acids is 1. The molecule has 0 spiro atoms.